The van der Waals surface area contributed by atoms with E-state index in [0.717, 1.165) is 17.1 Å². The fraction of sp³-hybridized carbons (Fsp3) is 0.0612. The van der Waals surface area contributed by atoms with Crippen LogP contribution in [0.1, 0.15) is 25.0 Å². The first-order chi connectivity index (χ1) is 25.0. The molecular formula is C49H35NS. The van der Waals surface area contributed by atoms with E-state index in [2.05, 4.69) is 195 Å². The minimum absolute atomic E-state index is 0.0982. The molecule has 0 fully saturated rings. The highest BCUT2D eigenvalue weighted by Gasteiger charge is 2.35. The molecule has 10 rings (SSSR count). The maximum Gasteiger partial charge on any atom is 0.0467 e. The fourth-order valence-electron chi connectivity index (χ4n) is 8.38. The molecular weight excluding hydrogens is 635 g/mol. The highest BCUT2D eigenvalue weighted by Crippen LogP contribution is 2.51. The summed E-state index contributed by atoms with van der Waals surface area (Å²) in [6.07, 6.45) is 0. The largest absolute Gasteiger partial charge is 0.310 e. The maximum atomic E-state index is 2.44. The average Bonchev–Trinajstić information content (AvgIpc) is 3.67. The van der Waals surface area contributed by atoms with Gasteiger partial charge in [-0.05, 0) is 104 Å². The van der Waals surface area contributed by atoms with E-state index in [1.165, 1.54) is 75.5 Å². The van der Waals surface area contributed by atoms with Gasteiger partial charge in [0.15, 0.2) is 0 Å². The Labute approximate surface area is 302 Å². The summed E-state index contributed by atoms with van der Waals surface area (Å²) in [7, 11) is 0. The summed E-state index contributed by atoms with van der Waals surface area (Å²) in [5.41, 5.74) is 13.6. The average molecular weight is 670 g/mol. The number of rotatable bonds is 5. The molecule has 8 aromatic carbocycles. The normalized spacial score (nSPS) is 13.1. The molecule has 1 aliphatic carbocycles. The van der Waals surface area contributed by atoms with Gasteiger partial charge in [-0.25, -0.2) is 0 Å². The van der Waals surface area contributed by atoms with Crippen LogP contribution in [0.5, 0.6) is 0 Å². The number of nitrogens with zero attached hydrogens (tertiary/aromatic N) is 1. The Kier molecular flexibility index (Phi) is 6.78. The van der Waals surface area contributed by atoms with Crippen molar-refractivity contribution in [3.05, 3.63) is 187 Å². The van der Waals surface area contributed by atoms with Gasteiger partial charge in [0, 0.05) is 42.6 Å². The van der Waals surface area contributed by atoms with Crippen molar-refractivity contribution in [3.8, 4) is 33.4 Å². The molecule has 1 heterocycles. The topological polar surface area (TPSA) is 3.24 Å². The SMILES string of the molecule is CC1(C)c2ccccc2-c2ccc(N(c3cccc(-c4ccccc4)c3)c3cccc(-c4cccc5ccc6sc7ccccc7c6c45)c3)cc21. The van der Waals surface area contributed by atoms with Crippen molar-refractivity contribution in [1.29, 1.82) is 0 Å². The molecule has 51 heavy (non-hydrogen) atoms. The van der Waals surface area contributed by atoms with Crippen LogP contribution in [0.25, 0.3) is 64.3 Å². The summed E-state index contributed by atoms with van der Waals surface area (Å²) in [6.45, 7) is 4.72. The Morgan fingerprint density at radius 2 is 1.06 bits per heavy atom. The van der Waals surface area contributed by atoms with Gasteiger partial charge in [-0.3, -0.25) is 0 Å². The lowest BCUT2D eigenvalue weighted by Crippen LogP contribution is -2.16. The number of fused-ring (bicyclic) bond motifs is 8. The van der Waals surface area contributed by atoms with Crippen LogP contribution >= 0.6 is 11.3 Å². The minimum Gasteiger partial charge on any atom is -0.310 e. The molecule has 0 radical (unpaired) electrons. The third-order valence-corrected chi connectivity index (χ3v) is 12.0. The third kappa shape index (κ3) is 4.75. The second-order valence-corrected chi connectivity index (χ2v) is 15.2. The molecule has 0 spiro atoms. The van der Waals surface area contributed by atoms with Gasteiger partial charge in [0.05, 0.1) is 0 Å². The van der Waals surface area contributed by atoms with Gasteiger partial charge in [-0.2, -0.15) is 0 Å². The fourth-order valence-corrected chi connectivity index (χ4v) is 9.49. The van der Waals surface area contributed by atoms with E-state index < -0.39 is 0 Å². The summed E-state index contributed by atoms with van der Waals surface area (Å²) in [6, 6.07) is 64.9. The van der Waals surface area contributed by atoms with E-state index >= 15 is 0 Å². The summed E-state index contributed by atoms with van der Waals surface area (Å²) in [5, 5.41) is 5.26. The molecule has 0 saturated carbocycles. The first-order valence-corrected chi connectivity index (χ1v) is 18.5. The Morgan fingerprint density at radius 3 is 1.92 bits per heavy atom. The van der Waals surface area contributed by atoms with E-state index in [4.69, 9.17) is 0 Å². The monoisotopic (exact) mass is 669 g/mol. The Balaban J connectivity index is 1.19. The second kappa shape index (κ2) is 11.6. The number of anilines is 3. The number of hydrogen-bond acceptors (Lipinski definition) is 2. The smallest absolute Gasteiger partial charge is 0.0467 e. The molecule has 0 N–H and O–H groups in total. The standard InChI is InChI=1S/C49H35NS/c1-49(2)43-23-8-6-20-40(43)41-27-26-38(31-44(41)49)50(36-18-10-16-34(29-36)32-13-4-3-5-14-32)37-19-11-17-35(30-37)39-22-12-15-33-25-28-46-48(47(33)39)42-21-7-9-24-45(42)51-46/h3-31H,1-2H3. The van der Waals surface area contributed by atoms with Gasteiger partial charge in [0.25, 0.3) is 0 Å². The van der Waals surface area contributed by atoms with E-state index in [1.54, 1.807) is 0 Å². The quantitative estimate of drug-likeness (QED) is 0.176. The van der Waals surface area contributed by atoms with Gasteiger partial charge >= 0.3 is 0 Å². The number of hydrogen-bond donors (Lipinski definition) is 0. The third-order valence-electron chi connectivity index (χ3n) is 10.8. The van der Waals surface area contributed by atoms with Crippen LogP contribution in [-0.4, -0.2) is 0 Å². The number of benzene rings is 8. The summed E-state index contributed by atoms with van der Waals surface area (Å²) in [4.78, 5) is 2.44. The van der Waals surface area contributed by atoms with Crippen LogP contribution in [-0.2, 0) is 5.41 Å². The zero-order chi connectivity index (χ0) is 34.1. The van der Waals surface area contributed by atoms with E-state index in [1.807, 2.05) is 11.3 Å². The molecule has 9 aromatic rings. The van der Waals surface area contributed by atoms with Crippen molar-refractivity contribution in [1.82, 2.24) is 0 Å². The molecule has 0 atom stereocenters. The summed E-state index contributed by atoms with van der Waals surface area (Å²) >= 11 is 1.88. The van der Waals surface area contributed by atoms with Crippen molar-refractivity contribution in [2.45, 2.75) is 19.3 Å². The van der Waals surface area contributed by atoms with E-state index in [0.29, 0.717) is 0 Å². The van der Waals surface area contributed by atoms with Crippen LogP contribution in [0.15, 0.2) is 176 Å². The lowest BCUT2D eigenvalue weighted by Gasteiger charge is -2.29. The van der Waals surface area contributed by atoms with Crippen molar-refractivity contribution < 1.29 is 0 Å². The predicted molar refractivity (Wildman–Crippen MR) is 220 cm³/mol. The van der Waals surface area contributed by atoms with Crippen molar-refractivity contribution >= 4 is 59.3 Å². The molecule has 0 amide bonds. The van der Waals surface area contributed by atoms with Gasteiger partial charge < -0.3 is 4.90 Å². The van der Waals surface area contributed by atoms with Gasteiger partial charge in [0.2, 0.25) is 0 Å². The molecule has 0 unspecified atom stereocenters. The minimum atomic E-state index is -0.0982. The Bertz CT molecular complexity index is 2790. The van der Waals surface area contributed by atoms with Gasteiger partial charge in [0.1, 0.15) is 0 Å². The Hall–Kier alpha value is -5.96. The number of thiophene rings is 1. The van der Waals surface area contributed by atoms with Crippen LogP contribution in [0, 0.1) is 0 Å². The molecule has 2 heteroatoms. The summed E-state index contributed by atoms with van der Waals surface area (Å²) in [5.74, 6) is 0. The first kappa shape index (κ1) is 29.9. The van der Waals surface area contributed by atoms with Crippen LogP contribution < -0.4 is 4.90 Å². The lowest BCUT2D eigenvalue weighted by atomic mass is 9.82. The zero-order valence-corrected chi connectivity index (χ0v) is 29.4. The second-order valence-electron chi connectivity index (χ2n) is 14.1. The molecule has 1 aliphatic rings. The molecule has 1 aromatic heterocycles. The summed E-state index contributed by atoms with van der Waals surface area (Å²) < 4.78 is 2.66. The van der Waals surface area contributed by atoms with Gasteiger partial charge in [-0.15, -0.1) is 11.3 Å². The van der Waals surface area contributed by atoms with Crippen molar-refractivity contribution in [2.24, 2.45) is 0 Å². The van der Waals surface area contributed by atoms with Crippen molar-refractivity contribution in [3.63, 3.8) is 0 Å². The molecule has 0 aliphatic heterocycles. The molecule has 1 nitrogen and oxygen atoms in total. The lowest BCUT2D eigenvalue weighted by molar-refractivity contribution is 0.660. The highest BCUT2D eigenvalue weighted by atomic mass is 32.1. The van der Waals surface area contributed by atoms with Crippen LogP contribution in [0.3, 0.4) is 0 Å². The first-order valence-electron chi connectivity index (χ1n) is 17.7. The predicted octanol–water partition coefficient (Wildman–Crippen LogP) is 14.3. The Morgan fingerprint density at radius 1 is 0.412 bits per heavy atom. The molecule has 0 bridgehead atoms. The maximum absolute atomic E-state index is 2.44. The van der Waals surface area contributed by atoms with E-state index in [-0.39, 0.29) is 5.41 Å². The van der Waals surface area contributed by atoms with Gasteiger partial charge in [-0.1, -0.05) is 141 Å². The molecule has 0 saturated heterocycles. The zero-order valence-electron chi connectivity index (χ0n) is 28.6. The van der Waals surface area contributed by atoms with Crippen molar-refractivity contribution in [2.75, 3.05) is 4.90 Å². The molecule has 242 valence electrons. The van der Waals surface area contributed by atoms with Crippen LogP contribution in [0.4, 0.5) is 17.1 Å². The van der Waals surface area contributed by atoms with E-state index in [9.17, 15) is 0 Å². The highest BCUT2D eigenvalue weighted by molar-refractivity contribution is 7.26. The van der Waals surface area contributed by atoms with Crippen LogP contribution in [0.2, 0.25) is 0 Å².